The normalized spacial score (nSPS) is 19.7. The maximum Gasteiger partial charge on any atom is 0.243 e. The molecular weight excluding hydrogens is 340 g/mol. The SMILES string of the molecule is CN(CCc1ccccc1)[C@@H]1CCCN(S(=O)(=O)c2ccsc2)C1. The predicted octanol–water partition coefficient (Wildman–Crippen LogP) is 3.08. The van der Waals surface area contributed by atoms with E-state index in [1.54, 1.807) is 15.8 Å². The molecule has 24 heavy (non-hydrogen) atoms. The predicted molar refractivity (Wildman–Crippen MR) is 98.9 cm³/mol. The Morgan fingerprint density at radius 2 is 2.04 bits per heavy atom. The Bertz CT molecular complexity index is 730. The fourth-order valence-electron chi connectivity index (χ4n) is 3.18. The van der Waals surface area contributed by atoms with Gasteiger partial charge in [0.1, 0.15) is 0 Å². The zero-order chi connectivity index (χ0) is 17.0. The number of nitrogens with zero attached hydrogens (tertiary/aromatic N) is 2. The third-order valence-corrected chi connectivity index (χ3v) is 7.41. The van der Waals surface area contributed by atoms with E-state index in [4.69, 9.17) is 0 Å². The van der Waals surface area contributed by atoms with Crippen LogP contribution in [0.4, 0.5) is 0 Å². The first-order valence-electron chi connectivity index (χ1n) is 8.34. The summed E-state index contributed by atoms with van der Waals surface area (Å²) in [6, 6.07) is 12.4. The highest BCUT2D eigenvalue weighted by atomic mass is 32.2. The van der Waals surface area contributed by atoms with E-state index in [1.165, 1.54) is 16.9 Å². The van der Waals surface area contributed by atoms with Crippen LogP contribution in [0.25, 0.3) is 0 Å². The molecule has 130 valence electrons. The maximum atomic E-state index is 12.7. The molecule has 3 rings (SSSR count). The number of benzene rings is 1. The zero-order valence-corrected chi connectivity index (χ0v) is 15.6. The number of hydrogen-bond donors (Lipinski definition) is 0. The lowest BCUT2D eigenvalue weighted by Gasteiger charge is -2.36. The van der Waals surface area contributed by atoms with Crippen LogP contribution >= 0.6 is 11.3 Å². The number of sulfonamides is 1. The van der Waals surface area contributed by atoms with Crippen molar-refractivity contribution in [2.75, 3.05) is 26.7 Å². The third-order valence-electron chi connectivity index (χ3n) is 4.71. The molecule has 1 atom stereocenters. The highest BCUT2D eigenvalue weighted by Crippen LogP contribution is 2.24. The molecule has 1 aromatic heterocycles. The first-order chi connectivity index (χ1) is 11.6. The highest BCUT2D eigenvalue weighted by molar-refractivity contribution is 7.89. The van der Waals surface area contributed by atoms with Crippen molar-refractivity contribution in [1.29, 1.82) is 0 Å². The van der Waals surface area contributed by atoms with E-state index < -0.39 is 10.0 Å². The Balaban J connectivity index is 1.61. The molecule has 0 saturated carbocycles. The van der Waals surface area contributed by atoms with Crippen LogP contribution in [-0.4, -0.2) is 50.3 Å². The van der Waals surface area contributed by atoms with Crippen LogP contribution in [0, 0.1) is 0 Å². The lowest BCUT2D eigenvalue weighted by Crippen LogP contribution is -2.48. The maximum absolute atomic E-state index is 12.7. The van der Waals surface area contributed by atoms with Gasteiger partial charge in [-0.1, -0.05) is 30.3 Å². The molecule has 2 heterocycles. The highest BCUT2D eigenvalue weighted by Gasteiger charge is 2.31. The third kappa shape index (κ3) is 4.06. The summed E-state index contributed by atoms with van der Waals surface area (Å²) >= 11 is 1.43. The fraction of sp³-hybridized carbons (Fsp3) is 0.444. The van der Waals surface area contributed by atoms with Crippen LogP contribution < -0.4 is 0 Å². The summed E-state index contributed by atoms with van der Waals surface area (Å²) in [6.45, 7) is 2.16. The molecule has 0 amide bonds. The Hall–Kier alpha value is -1.21. The summed E-state index contributed by atoms with van der Waals surface area (Å²) < 4.78 is 27.1. The number of rotatable bonds is 6. The molecule has 1 fully saturated rings. The van der Waals surface area contributed by atoms with Gasteiger partial charge in [-0.3, -0.25) is 0 Å². The topological polar surface area (TPSA) is 40.6 Å². The minimum absolute atomic E-state index is 0.288. The van der Waals surface area contributed by atoms with Gasteiger partial charge in [-0.25, -0.2) is 8.42 Å². The lowest BCUT2D eigenvalue weighted by atomic mass is 10.1. The molecule has 1 aliphatic heterocycles. The lowest BCUT2D eigenvalue weighted by molar-refractivity contribution is 0.164. The second-order valence-electron chi connectivity index (χ2n) is 6.33. The minimum Gasteiger partial charge on any atom is -0.302 e. The van der Waals surface area contributed by atoms with E-state index in [-0.39, 0.29) is 6.04 Å². The van der Waals surface area contributed by atoms with Gasteiger partial charge in [-0.15, -0.1) is 0 Å². The van der Waals surface area contributed by atoms with Gasteiger partial charge >= 0.3 is 0 Å². The van der Waals surface area contributed by atoms with E-state index in [0.29, 0.717) is 18.0 Å². The van der Waals surface area contributed by atoms with Crippen LogP contribution in [0.15, 0.2) is 52.1 Å². The summed E-state index contributed by atoms with van der Waals surface area (Å²) in [6.07, 6.45) is 2.97. The summed E-state index contributed by atoms with van der Waals surface area (Å²) in [7, 11) is -1.23. The largest absolute Gasteiger partial charge is 0.302 e. The Labute approximate surface area is 148 Å². The van der Waals surface area contributed by atoms with Gasteiger partial charge in [0.25, 0.3) is 0 Å². The standard InChI is InChI=1S/C18H24N2O2S2/c1-19(12-9-16-6-3-2-4-7-16)17-8-5-11-20(14-17)24(21,22)18-10-13-23-15-18/h2-4,6-7,10,13,15,17H,5,8-9,11-12,14H2,1H3/t17-/m1/s1. The monoisotopic (exact) mass is 364 g/mol. The average Bonchev–Trinajstić information content (AvgIpc) is 3.16. The molecule has 0 radical (unpaired) electrons. The summed E-state index contributed by atoms with van der Waals surface area (Å²) in [5.74, 6) is 0. The molecule has 6 heteroatoms. The molecule has 0 spiro atoms. The van der Waals surface area contributed by atoms with Crippen LogP contribution in [0.2, 0.25) is 0 Å². The van der Waals surface area contributed by atoms with Crippen LogP contribution in [0.5, 0.6) is 0 Å². The smallest absolute Gasteiger partial charge is 0.243 e. The van der Waals surface area contributed by atoms with Crippen LogP contribution in [0.3, 0.4) is 0 Å². The quantitative estimate of drug-likeness (QED) is 0.791. The van der Waals surface area contributed by atoms with Gasteiger partial charge in [-0.2, -0.15) is 15.6 Å². The van der Waals surface area contributed by atoms with Gasteiger partial charge in [0.15, 0.2) is 0 Å². The Kier molecular flexibility index (Phi) is 5.71. The van der Waals surface area contributed by atoms with E-state index in [1.807, 2.05) is 11.4 Å². The van der Waals surface area contributed by atoms with Crippen molar-refractivity contribution in [3.8, 4) is 0 Å². The number of thiophene rings is 1. The van der Waals surface area contributed by atoms with Crippen LogP contribution in [-0.2, 0) is 16.4 Å². The van der Waals surface area contributed by atoms with Gasteiger partial charge < -0.3 is 4.90 Å². The molecule has 4 nitrogen and oxygen atoms in total. The molecule has 0 N–H and O–H groups in total. The van der Waals surface area contributed by atoms with Crippen molar-refractivity contribution >= 4 is 21.4 Å². The summed E-state index contributed by atoms with van der Waals surface area (Å²) in [5, 5.41) is 3.54. The fourth-order valence-corrected chi connectivity index (χ4v) is 5.71. The molecule has 1 aliphatic rings. The van der Waals surface area contributed by atoms with Crippen molar-refractivity contribution in [2.45, 2.75) is 30.2 Å². The number of piperidine rings is 1. The van der Waals surface area contributed by atoms with E-state index >= 15 is 0 Å². The van der Waals surface area contributed by atoms with Gasteiger partial charge in [0.2, 0.25) is 10.0 Å². The minimum atomic E-state index is -3.34. The average molecular weight is 365 g/mol. The Morgan fingerprint density at radius 1 is 1.25 bits per heavy atom. The second kappa shape index (κ2) is 7.78. The second-order valence-corrected chi connectivity index (χ2v) is 9.05. The number of likely N-dealkylation sites (N-methyl/N-ethyl adjacent to an activating group) is 1. The summed E-state index contributed by atoms with van der Waals surface area (Å²) in [5.41, 5.74) is 1.32. The number of hydrogen-bond acceptors (Lipinski definition) is 4. The van der Waals surface area contributed by atoms with Gasteiger partial charge in [-0.05, 0) is 43.3 Å². The van der Waals surface area contributed by atoms with Crippen molar-refractivity contribution < 1.29 is 8.42 Å². The first kappa shape index (κ1) is 17.6. The van der Waals surface area contributed by atoms with Crippen molar-refractivity contribution in [2.24, 2.45) is 0 Å². The van der Waals surface area contributed by atoms with Gasteiger partial charge in [0, 0.05) is 31.1 Å². The van der Waals surface area contributed by atoms with E-state index in [0.717, 1.165) is 25.8 Å². The molecule has 0 bridgehead atoms. The Morgan fingerprint density at radius 3 is 2.75 bits per heavy atom. The van der Waals surface area contributed by atoms with Crippen molar-refractivity contribution in [3.63, 3.8) is 0 Å². The first-order valence-corrected chi connectivity index (χ1v) is 10.7. The molecular formula is C18H24N2O2S2. The molecule has 0 unspecified atom stereocenters. The van der Waals surface area contributed by atoms with E-state index in [2.05, 4.69) is 36.2 Å². The molecule has 0 aliphatic carbocycles. The zero-order valence-electron chi connectivity index (χ0n) is 14.0. The van der Waals surface area contributed by atoms with Crippen molar-refractivity contribution in [3.05, 3.63) is 52.7 Å². The van der Waals surface area contributed by atoms with Crippen molar-refractivity contribution in [1.82, 2.24) is 9.21 Å². The summed E-state index contributed by atoms with van der Waals surface area (Å²) in [4.78, 5) is 2.74. The molecule has 1 saturated heterocycles. The molecule has 1 aromatic carbocycles. The molecule has 2 aromatic rings. The van der Waals surface area contributed by atoms with Gasteiger partial charge in [0.05, 0.1) is 4.90 Å². The van der Waals surface area contributed by atoms with Crippen LogP contribution in [0.1, 0.15) is 18.4 Å². The van der Waals surface area contributed by atoms with E-state index in [9.17, 15) is 8.42 Å².